The predicted octanol–water partition coefficient (Wildman–Crippen LogP) is 3.24. The molecule has 0 aromatic heterocycles. The smallest absolute Gasteiger partial charge is 0.273 e. The predicted molar refractivity (Wildman–Crippen MR) is 94.7 cm³/mol. The molecular formula is C18H19N3O4. The van der Waals surface area contributed by atoms with Crippen LogP contribution in [0.3, 0.4) is 0 Å². The lowest BCUT2D eigenvalue weighted by molar-refractivity contribution is -0.386. The number of nitro groups is 1. The maximum Gasteiger partial charge on any atom is 0.273 e. The lowest BCUT2D eigenvalue weighted by Gasteiger charge is -2.19. The van der Waals surface area contributed by atoms with E-state index in [9.17, 15) is 19.7 Å². The zero-order valence-corrected chi connectivity index (χ0v) is 14.2. The molecular weight excluding hydrogens is 322 g/mol. The molecule has 7 heteroatoms. The van der Waals surface area contributed by atoms with Crippen molar-refractivity contribution in [1.29, 1.82) is 0 Å². The summed E-state index contributed by atoms with van der Waals surface area (Å²) >= 11 is 0. The molecule has 0 radical (unpaired) electrons. The van der Waals surface area contributed by atoms with Crippen molar-refractivity contribution in [1.82, 2.24) is 0 Å². The summed E-state index contributed by atoms with van der Waals surface area (Å²) in [6.07, 6.45) is 0. The summed E-state index contributed by atoms with van der Waals surface area (Å²) < 4.78 is 0. The summed E-state index contributed by atoms with van der Waals surface area (Å²) in [5.74, 6) is -1.04. The van der Waals surface area contributed by atoms with Crippen LogP contribution >= 0.6 is 0 Å². The molecule has 0 aliphatic heterocycles. The number of benzene rings is 2. The number of rotatable bonds is 4. The molecule has 0 saturated heterocycles. The first-order chi connectivity index (χ1) is 11.6. The van der Waals surface area contributed by atoms with Crippen molar-refractivity contribution < 1.29 is 14.5 Å². The van der Waals surface area contributed by atoms with Gasteiger partial charge in [-0.05, 0) is 35.7 Å². The number of nitrogens with zero attached hydrogens (tertiary/aromatic N) is 1. The van der Waals surface area contributed by atoms with Crippen molar-refractivity contribution in [2.75, 3.05) is 5.32 Å². The molecule has 2 aromatic carbocycles. The van der Waals surface area contributed by atoms with Gasteiger partial charge in [-0.2, -0.15) is 0 Å². The van der Waals surface area contributed by atoms with Crippen LogP contribution in [0.1, 0.15) is 47.1 Å². The number of hydrogen-bond acceptors (Lipinski definition) is 4. The quantitative estimate of drug-likeness (QED) is 0.656. The van der Waals surface area contributed by atoms with E-state index in [1.54, 1.807) is 12.1 Å². The molecule has 0 saturated carbocycles. The molecule has 0 unspecified atom stereocenters. The monoisotopic (exact) mass is 341 g/mol. The SMILES string of the molecule is CC(C)(C)c1ccc(C(=O)Nc2ccc(C(N)=O)cc2)cc1[N+](=O)[O-]. The lowest BCUT2D eigenvalue weighted by Crippen LogP contribution is -2.17. The van der Waals surface area contributed by atoms with Crippen LogP contribution < -0.4 is 11.1 Å². The Labute approximate surface area is 145 Å². The Kier molecular flexibility index (Phi) is 4.87. The summed E-state index contributed by atoms with van der Waals surface area (Å²) in [7, 11) is 0. The summed E-state index contributed by atoms with van der Waals surface area (Å²) in [6, 6.07) is 10.5. The first-order valence-corrected chi connectivity index (χ1v) is 7.60. The van der Waals surface area contributed by atoms with Crippen molar-refractivity contribution in [3.05, 3.63) is 69.3 Å². The molecule has 0 fully saturated rings. The molecule has 0 spiro atoms. The fraction of sp³-hybridized carbons (Fsp3) is 0.222. The van der Waals surface area contributed by atoms with Crippen LogP contribution in [0.2, 0.25) is 0 Å². The second-order valence-corrected chi connectivity index (χ2v) is 6.63. The van der Waals surface area contributed by atoms with Gasteiger partial charge >= 0.3 is 0 Å². The minimum absolute atomic E-state index is 0.0933. The number of primary amides is 1. The van der Waals surface area contributed by atoms with Crippen LogP contribution in [0.25, 0.3) is 0 Å². The van der Waals surface area contributed by atoms with Crippen LogP contribution in [0.5, 0.6) is 0 Å². The fourth-order valence-corrected chi connectivity index (χ4v) is 2.38. The molecule has 0 aliphatic rings. The maximum absolute atomic E-state index is 12.3. The number of nitro benzene ring substituents is 1. The lowest BCUT2D eigenvalue weighted by atomic mass is 9.85. The van der Waals surface area contributed by atoms with Gasteiger partial charge in [-0.15, -0.1) is 0 Å². The minimum atomic E-state index is -0.564. The third kappa shape index (κ3) is 4.20. The molecule has 0 aliphatic carbocycles. The molecule has 3 N–H and O–H groups in total. The highest BCUT2D eigenvalue weighted by Gasteiger charge is 2.26. The van der Waals surface area contributed by atoms with Crippen molar-refractivity contribution >= 4 is 23.2 Å². The van der Waals surface area contributed by atoms with Gasteiger partial charge < -0.3 is 11.1 Å². The molecule has 2 aromatic rings. The van der Waals surface area contributed by atoms with Gasteiger partial charge in [0.1, 0.15) is 0 Å². The second-order valence-electron chi connectivity index (χ2n) is 6.63. The van der Waals surface area contributed by atoms with Crippen LogP contribution in [0.4, 0.5) is 11.4 Å². The van der Waals surface area contributed by atoms with Gasteiger partial charge in [-0.1, -0.05) is 26.8 Å². The third-order valence-electron chi connectivity index (χ3n) is 3.69. The Morgan fingerprint density at radius 3 is 2.08 bits per heavy atom. The molecule has 0 bridgehead atoms. The van der Waals surface area contributed by atoms with Crippen LogP contribution in [-0.4, -0.2) is 16.7 Å². The number of nitrogens with two attached hydrogens (primary N) is 1. The first kappa shape index (κ1) is 18.1. The molecule has 2 rings (SSSR count). The zero-order chi connectivity index (χ0) is 18.8. The molecule has 130 valence electrons. The summed E-state index contributed by atoms with van der Waals surface area (Å²) in [6.45, 7) is 5.61. The average Bonchev–Trinajstić information content (AvgIpc) is 2.53. The Morgan fingerprint density at radius 1 is 1.04 bits per heavy atom. The van der Waals surface area contributed by atoms with E-state index >= 15 is 0 Å². The average molecular weight is 341 g/mol. The van der Waals surface area contributed by atoms with Gasteiger partial charge in [0.15, 0.2) is 0 Å². The molecule has 2 amide bonds. The van der Waals surface area contributed by atoms with Crippen molar-refractivity contribution in [3.63, 3.8) is 0 Å². The highest BCUT2D eigenvalue weighted by atomic mass is 16.6. The van der Waals surface area contributed by atoms with Crippen molar-refractivity contribution in [2.45, 2.75) is 26.2 Å². The maximum atomic E-state index is 12.3. The van der Waals surface area contributed by atoms with Gasteiger partial charge in [-0.3, -0.25) is 19.7 Å². The summed E-state index contributed by atoms with van der Waals surface area (Å²) in [4.78, 5) is 34.2. The largest absolute Gasteiger partial charge is 0.366 e. The van der Waals surface area contributed by atoms with E-state index in [0.717, 1.165) is 0 Å². The Bertz CT molecular complexity index is 836. The minimum Gasteiger partial charge on any atom is -0.366 e. The normalized spacial score (nSPS) is 11.0. The van der Waals surface area contributed by atoms with E-state index in [1.165, 1.54) is 30.3 Å². The first-order valence-electron chi connectivity index (χ1n) is 7.60. The Hall–Kier alpha value is -3.22. The standard InChI is InChI=1S/C18H19N3O4/c1-18(2,3)14-9-6-12(10-15(14)21(24)25)17(23)20-13-7-4-11(5-8-13)16(19)22/h4-10H,1-3H3,(H2,19,22)(H,20,23). The number of nitrogens with one attached hydrogen (secondary N) is 1. The Balaban J connectivity index is 2.29. The van der Waals surface area contributed by atoms with Crippen molar-refractivity contribution in [3.8, 4) is 0 Å². The highest BCUT2D eigenvalue weighted by Crippen LogP contribution is 2.32. The molecule has 0 atom stereocenters. The van der Waals surface area contributed by atoms with Gasteiger partial charge in [0.25, 0.3) is 11.6 Å². The highest BCUT2D eigenvalue weighted by molar-refractivity contribution is 6.05. The number of amides is 2. The van der Waals surface area contributed by atoms with Crippen molar-refractivity contribution in [2.24, 2.45) is 5.73 Å². The van der Waals surface area contributed by atoms with Gasteiger partial charge in [-0.25, -0.2) is 0 Å². The topological polar surface area (TPSA) is 115 Å². The third-order valence-corrected chi connectivity index (χ3v) is 3.69. The van der Waals surface area contributed by atoms with E-state index in [-0.39, 0.29) is 11.3 Å². The van der Waals surface area contributed by atoms with E-state index in [0.29, 0.717) is 16.8 Å². The van der Waals surface area contributed by atoms with E-state index in [1.807, 2.05) is 20.8 Å². The molecule has 25 heavy (non-hydrogen) atoms. The number of carbonyl (C=O) groups is 2. The fourth-order valence-electron chi connectivity index (χ4n) is 2.38. The second kappa shape index (κ2) is 6.72. The Morgan fingerprint density at radius 2 is 1.60 bits per heavy atom. The van der Waals surface area contributed by atoms with E-state index < -0.39 is 22.2 Å². The molecule has 0 heterocycles. The summed E-state index contributed by atoms with van der Waals surface area (Å²) in [5.41, 5.74) is 6.17. The number of anilines is 1. The van der Waals surface area contributed by atoms with Gasteiger partial charge in [0.2, 0.25) is 5.91 Å². The summed E-state index contributed by atoms with van der Waals surface area (Å²) in [5, 5.41) is 14.0. The van der Waals surface area contributed by atoms with Gasteiger partial charge in [0.05, 0.1) is 4.92 Å². The van der Waals surface area contributed by atoms with E-state index in [4.69, 9.17) is 5.73 Å². The van der Waals surface area contributed by atoms with Gasteiger partial charge in [0, 0.05) is 28.4 Å². The number of hydrogen-bond donors (Lipinski definition) is 2. The van der Waals surface area contributed by atoms with Crippen LogP contribution in [0.15, 0.2) is 42.5 Å². The molecule has 7 nitrogen and oxygen atoms in total. The van der Waals surface area contributed by atoms with Crippen LogP contribution in [0, 0.1) is 10.1 Å². The van der Waals surface area contributed by atoms with Crippen LogP contribution in [-0.2, 0) is 5.41 Å². The zero-order valence-electron chi connectivity index (χ0n) is 14.2. The van der Waals surface area contributed by atoms with E-state index in [2.05, 4.69) is 5.32 Å². The number of carbonyl (C=O) groups excluding carboxylic acids is 2.